The number of nitrogens with one attached hydrogen (secondary N) is 1. The maximum Gasteiger partial charge on any atom is 0.190 e. The lowest BCUT2D eigenvalue weighted by Crippen LogP contribution is -2.19. The van der Waals surface area contributed by atoms with Gasteiger partial charge in [-0.2, -0.15) is 0 Å². The van der Waals surface area contributed by atoms with Gasteiger partial charge in [0, 0.05) is 19.3 Å². The Morgan fingerprint density at radius 2 is 2.50 bits per heavy atom. The predicted octanol–water partition coefficient (Wildman–Crippen LogP) is 0.907. The minimum Gasteiger partial charge on any atom is -0.316 e. The van der Waals surface area contributed by atoms with Crippen molar-refractivity contribution in [3.8, 4) is 0 Å². The van der Waals surface area contributed by atoms with Crippen LogP contribution in [-0.2, 0) is 7.05 Å². The van der Waals surface area contributed by atoms with E-state index in [0.717, 1.165) is 23.4 Å². The first-order valence-electron chi connectivity index (χ1n) is 5.04. The van der Waals surface area contributed by atoms with Crippen molar-refractivity contribution in [1.82, 2.24) is 20.1 Å². The van der Waals surface area contributed by atoms with Gasteiger partial charge in [-0.05, 0) is 25.3 Å². The highest BCUT2D eigenvalue weighted by atomic mass is 32.2. The first-order chi connectivity index (χ1) is 6.86. The van der Waals surface area contributed by atoms with Crippen LogP contribution in [0.25, 0.3) is 0 Å². The van der Waals surface area contributed by atoms with Crippen molar-refractivity contribution in [2.24, 2.45) is 13.0 Å². The lowest BCUT2D eigenvalue weighted by atomic mass is 10.4. The van der Waals surface area contributed by atoms with E-state index >= 15 is 0 Å². The van der Waals surface area contributed by atoms with Gasteiger partial charge < -0.3 is 9.88 Å². The molecule has 0 bridgehead atoms. The van der Waals surface area contributed by atoms with Crippen LogP contribution in [0, 0.1) is 5.92 Å². The van der Waals surface area contributed by atoms with Crippen LogP contribution in [0.4, 0.5) is 0 Å². The number of aromatic nitrogens is 3. The van der Waals surface area contributed by atoms with E-state index < -0.39 is 0 Å². The van der Waals surface area contributed by atoms with Crippen molar-refractivity contribution < 1.29 is 0 Å². The van der Waals surface area contributed by atoms with E-state index in [0.29, 0.717) is 0 Å². The number of hydrogen-bond donors (Lipinski definition) is 1. The van der Waals surface area contributed by atoms with Gasteiger partial charge in [-0.25, -0.2) is 0 Å². The quantitative estimate of drug-likeness (QED) is 0.562. The van der Waals surface area contributed by atoms with Gasteiger partial charge in [0.05, 0.1) is 0 Å². The van der Waals surface area contributed by atoms with Crippen LogP contribution in [0.2, 0.25) is 0 Å². The third-order valence-electron chi connectivity index (χ3n) is 2.31. The van der Waals surface area contributed by atoms with Gasteiger partial charge >= 0.3 is 0 Å². The summed E-state index contributed by atoms with van der Waals surface area (Å²) >= 11 is 1.75. The lowest BCUT2D eigenvalue weighted by molar-refractivity contribution is 0.665. The first-order valence-corrected chi connectivity index (χ1v) is 6.02. The summed E-state index contributed by atoms with van der Waals surface area (Å²) in [6, 6.07) is 0. The zero-order valence-electron chi connectivity index (χ0n) is 8.44. The van der Waals surface area contributed by atoms with Crippen LogP contribution in [0.1, 0.15) is 12.8 Å². The average Bonchev–Trinajstić information content (AvgIpc) is 2.91. The van der Waals surface area contributed by atoms with Crippen molar-refractivity contribution in [3.63, 3.8) is 0 Å². The second-order valence-corrected chi connectivity index (χ2v) is 4.78. The molecule has 2 rings (SSSR count). The van der Waals surface area contributed by atoms with Gasteiger partial charge in [0.2, 0.25) is 0 Å². The largest absolute Gasteiger partial charge is 0.316 e. The molecule has 5 heteroatoms. The van der Waals surface area contributed by atoms with Crippen LogP contribution < -0.4 is 5.32 Å². The summed E-state index contributed by atoms with van der Waals surface area (Å²) in [5, 5.41) is 12.3. The third-order valence-corrected chi connectivity index (χ3v) is 3.35. The molecule has 0 atom stereocenters. The topological polar surface area (TPSA) is 42.7 Å². The Morgan fingerprint density at radius 3 is 3.14 bits per heavy atom. The molecule has 1 aromatic heterocycles. The summed E-state index contributed by atoms with van der Waals surface area (Å²) in [6.07, 6.45) is 4.58. The zero-order valence-corrected chi connectivity index (χ0v) is 9.26. The van der Waals surface area contributed by atoms with Crippen LogP contribution in [0.5, 0.6) is 0 Å². The molecular formula is C9H16N4S. The van der Waals surface area contributed by atoms with E-state index in [4.69, 9.17) is 0 Å². The van der Waals surface area contributed by atoms with E-state index in [9.17, 15) is 0 Å². The van der Waals surface area contributed by atoms with Crippen molar-refractivity contribution in [2.45, 2.75) is 18.0 Å². The minimum absolute atomic E-state index is 0.967. The average molecular weight is 212 g/mol. The monoisotopic (exact) mass is 212 g/mol. The van der Waals surface area contributed by atoms with E-state index in [1.165, 1.54) is 19.4 Å². The van der Waals surface area contributed by atoms with Crippen LogP contribution in [0.3, 0.4) is 0 Å². The smallest absolute Gasteiger partial charge is 0.190 e. The summed E-state index contributed by atoms with van der Waals surface area (Å²) in [6.45, 7) is 2.26. The summed E-state index contributed by atoms with van der Waals surface area (Å²) < 4.78 is 1.95. The lowest BCUT2D eigenvalue weighted by Gasteiger charge is -2.02. The summed E-state index contributed by atoms with van der Waals surface area (Å²) in [4.78, 5) is 0. The van der Waals surface area contributed by atoms with Gasteiger partial charge in [0.25, 0.3) is 0 Å². The molecule has 0 saturated heterocycles. The molecule has 0 unspecified atom stereocenters. The third kappa shape index (κ3) is 2.99. The van der Waals surface area contributed by atoms with Gasteiger partial charge in [-0.15, -0.1) is 10.2 Å². The van der Waals surface area contributed by atoms with E-state index in [1.54, 1.807) is 18.1 Å². The molecule has 4 nitrogen and oxygen atoms in total. The standard InChI is InChI=1S/C9H16N4S/c1-13-7-11-12-9(13)14-5-4-10-6-8-2-3-8/h7-8,10H,2-6H2,1H3. The molecule has 1 aliphatic rings. The maximum absolute atomic E-state index is 4.01. The van der Waals surface area contributed by atoms with Gasteiger partial charge in [-0.1, -0.05) is 11.8 Å². The fourth-order valence-electron chi connectivity index (χ4n) is 1.25. The summed E-state index contributed by atoms with van der Waals surface area (Å²) in [5.74, 6) is 2.04. The highest BCUT2D eigenvalue weighted by molar-refractivity contribution is 7.99. The Labute approximate surface area is 88.5 Å². The molecule has 0 spiro atoms. The molecule has 14 heavy (non-hydrogen) atoms. The molecular weight excluding hydrogens is 196 g/mol. The Kier molecular flexibility index (Phi) is 3.42. The predicted molar refractivity (Wildman–Crippen MR) is 57.3 cm³/mol. The van der Waals surface area contributed by atoms with Crippen LogP contribution in [-0.4, -0.2) is 33.6 Å². The molecule has 1 fully saturated rings. The number of aryl methyl sites for hydroxylation is 1. The van der Waals surface area contributed by atoms with Gasteiger partial charge in [0.15, 0.2) is 5.16 Å². The maximum atomic E-state index is 4.01. The SMILES string of the molecule is Cn1cnnc1SCCNCC1CC1. The number of rotatable bonds is 6. The first kappa shape index (κ1) is 9.98. The van der Waals surface area contributed by atoms with E-state index in [2.05, 4.69) is 15.5 Å². The fourth-order valence-corrected chi connectivity index (χ4v) is 2.03. The molecule has 0 amide bonds. The molecule has 1 aromatic rings. The van der Waals surface area contributed by atoms with E-state index in [-0.39, 0.29) is 0 Å². The molecule has 0 aromatic carbocycles. The Hall–Kier alpha value is -0.550. The number of thioether (sulfide) groups is 1. The second kappa shape index (κ2) is 4.79. The van der Waals surface area contributed by atoms with Crippen LogP contribution >= 0.6 is 11.8 Å². The normalized spacial score (nSPS) is 16.1. The Bertz CT molecular complexity index is 282. The molecule has 78 valence electrons. The molecule has 1 heterocycles. The number of nitrogens with zero attached hydrogens (tertiary/aromatic N) is 3. The van der Waals surface area contributed by atoms with Crippen molar-refractivity contribution in [2.75, 3.05) is 18.8 Å². The van der Waals surface area contributed by atoms with Crippen molar-refractivity contribution in [3.05, 3.63) is 6.33 Å². The minimum atomic E-state index is 0.967. The highest BCUT2D eigenvalue weighted by Crippen LogP contribution is 2.27. The van der Waals surface area contributed by atoms with Crippen molar-refractivity contribution in [1.29, 1.82) is 0 Å². The highest BCUT2D eigenvalue weighted by Gasteiger charge is 2.19. The molecule has 0 radical (unpaired) electrons. The molecule has 1 N–H and O–H groups in total. The molecule has 1 saturated carbocycles. The Morgan fingerprint density at radius 1 is 1.64 bits per heavy atom. The summed E-state index contributed by atoms with van der Waals surface area (Å²) in [7, 11) is 1.97. The van der Waals surface area contributed by atoms with Crippen LogP contribution in [0.15, 0.2) is 11.5 Å². The number of hydrogen-bond acceptors (Lipinski definition) is 4. The van der Waals surface area contributed by atoms with Gasteiger partial charge in [0.1, 0.15) is 6.33 Å². The second-order valence-electron chi connectivity index (χ2n) is 3.72. The van der Waals surface area contributed by atoms with Gasteiger partial charge in [-0.3, -0.25) is 0 Å². The fraction of sp³-hybridized carbons (Fsp3) is 0.778. The zero-order chi connectivity index (χ0) is 9.80. The Balaban J connectivity index is 1.56. The molecule has 1 aliphatic carbocycles. The van der Waals surface area contributed by atoms with Crippen molar-refractivity contribution >= 4 is 11.8 Å². The molecule has 0 aliphatic heterocycles. The summed E-state index contributed by atoms with van der Waals surface area (Å²) in [5.41, 5.74) is 0. The van der Waals surface area contributed by atoms with E-state index in [1.807, 2.05) is 11.6 Å².